The van der Waals surface area contributed by atoms with E-state index in [9.17, 15) is 5.11 Å². The number of aliphatic hydroxyl groups excluding tert-OH is 1. The van der Waals surface area contributed by atoms with Gasteiger partial charge in [-0.2, -0.15) is 5.10 Å². The minimum absolute atomic E-state index is 0.381. The van der Waals surface area contributed by atoms with Crippen LogP contribution in [-0.4, -0.2) is 21.0 Å². The Morgan fingerprint density at radius 3 is 2.62 bits per heavy atom. The van der Waals surface area contributed by atoms with Crippen molar-refractivity contribution in [2.45, 2.75) is 45.3 Å². The van der Waals surface area contributed by atoms with E-state index in [0.29, 0.717) is 28.9 Å². The van der Waals surface area contributed by atoms with Gasteiger partial charge in [-0.15, -0.1) is 0 Å². The van der Waals surface area contributed by atoms with E-state index in [0.717, 1.165) is 17.7 Å². The molecule has 2 rings (SSSR count). The Balaban J connectivity index is 1.96. The maximum Gasteiger partial charge on any atom is 0.0650 e. The zero-order chi connectivity index (χ0) is 15.4. The molecule has 1 aromatic carbocycles. The van der Waals surface area contributed by atoms with Crippen molar-refractivity contribution >= 4 is 23.2 Å². The lowest BCUT2D eigenvalue weighted by Crippen LogP contribution is -2.15. The van der Waals surface area contributed by atoms with Crippen LogP contribution in [0.4, 0.5) is 0 Å². The van der Waals surface area contributed by atoms with E-state index < -0.39 is 6.10 Å². The van der Waals surface area contributed by atoms with E-state index in [-0.39, 0.29) is 0 Å². The fraction of sp³-hybridized carbons (Fsp3) is 0.438. The molecular formula is C16H20Cl2N2O. The third kappa shape index (κ3) is 4.47. The molecule has 2 unspecified atom stereocenters. The number of nitrogens with zero attached hydrogens (tertiary/aromatic N) is 2. The molecule has 0 fully saturated rings. The zero-order valence-electron chi connectivity index (χ0n) is 12.3. The molecule has 0 bridgehead atoms. The standard InChI is InChI=1S/C16H20Cl2N2O/c1-3-11(2)20-7-6-13(19-20)10-14(21)8-12-4-5-15(17)16(18)9-12/h4-7,9,11,14,21H,3,8,10H2,1-2H3. The van der Waals surface area contributed by atoms with E-state index >= 15 is 0 Å². The first-order valence-electron chi connectivity index (χ1n) is 7.15. The molecule has 0 aliphatic rings. The maximum atomic E-state index is 10.2. The zero-order valence-corrected chi connectivity index (χ0v) is 13.8. The van der Waals surface area contributed by atoms with Gasteiger partial charge >= 0.3 is 0 Å². The third-order valence-electron chi connectivity index (χ3n) is 3.61. The van der Waals surface area contributed by atoms with Crippen molar-refractivity contribution in [2.24, 2.45) is 0 Å². The summed E-state index contributed by atoms with van der Waals surface area (Å²) in [5, 5.41) is 15.7. The van der Waals surface area contributed by atoms with Crippen LogP contribution in [0, 0.1) is 0 Å². The summed E-state index contributed by atoms with van der Waals surface area (Å²) in [7, 11) is 0. The minimum Gasteiger partial charge on any atom is -0.392 e. The van der Waals surface area contributed by atoms with Gasteiger partial charge in [-0.3, -0.25) is 4.68 Å². The average Bonchev–Trinajstić information content (AvgIpc) is 2.90. The van der Waals surface area contributed by atoms with Crippen LogP contribution in [0.15, 0.2) is 30.5 Å². The van der Waals surface area contributed by atoms with Crippen LogP contribution in [0.3, 0.4) is 0 Å². The van der Waals surface area contributed by atoms with Crippen molar-refractivity contribution in [3.05, 3.63) is 51.8 Å². The monoisotopic (exact) mass is 326 g/mol. The summed E-state index contributed by atoms with van der Waals surface area (Å²) in [6.45, 7) is 4.26. The summed E-state index contributed by atoms with van der Waals surface area (Å²) in [5.41, 5.74) is 1.88. The largest absolute Gasteiger partial charge is 0.392 e. The van der Waals surface area contributed by atoms with Gasteiger partial charge < -0.3 is 5.11 Å². The van der Waals surface area contributed by atoms with Crippen LogP contribution >= 0.6 is 23.2 Å². The Morgan fingerprint density at radius 2 is 1.95 bits per heavy atom. The summed E-state index contributed by atoms with van der Waals surface area (Å²) >= 11 is 11.9. The van der Waals surface area contributed by atoms with Gasteiger partial charge in [0, 0.05) is 18.7 Å². The predicted molar refractivity (Wildman–Crippen MR) is 87.1 cm³/mol. The van der Waals surface area contributed by atoms with E-state index in [1.54, 1.807) is 12.1 Å². The SMILES string of the molecule is CCC(C)n1ccc(CC(O)Cc2ccc(Cl)c(Cl)c2)n1. The van der Waals surface area contributed by atoms with Crippen LogP contribution in [0.1, 0.15) is 37.6 Å². The Hall–Kier alpha value is -1.03. The van der Waals surface area contributed by atoms with E-state index in [1.807, 2.05) is 23.0 Å². The van der Waals surface area contributed by atoms with Gasteiger partial charge in [0.05, 0.1) is 21.8 Å². The van der Waals surface area contributed by atoms with Crippen LogP contribution in [-0.2, 0) is 12.8 Å². The molecule has 114 valence electrons. The molecule has 0 amide bonds. The van der Waals surface area contributed by atoms with Crippen LogP contribution < -0.4 is 0 Å². The molecular weight excluding hydrogens is 307 g/mol. The van der Waals surface area contributed by atoms with Crippen molar-refractivity contribution in [1.82, 2.24) is 9.78 Å². The van der Waals surface area contributed by atoms with Gasteiger partial charge in [-0.1, -0.05) is 36.2 Å². The highest BCUT2D eigenvalue weighted by Gasteiger charge is 2.11. The van der Waals surface area contributed by atoms with Gasteiger partial charge in [0.15, 0.2) is 0 Å². The highest BCUT2D eigenvalue weighted by atomic mass is 35.5. The summed E-state index contributed by atoms with van der Waals surface area (Å²) in [6, 6.07) is 7.78. The van der Waals surface area contributed by atoms with Crippen molar-refractivity contribution in [2.75, 3.05) is 0 Å². The van der Waals surface area contributed by atoms with Crippen molar-refractivity contribution in [3.8, 4) is 0 Å². The first-order chi connectivity index (χ1) is 9.99. The Bertz CT molecular complexity index is 598. The molecule has 0 saturated carbocycles. The Labute approximate surface area is 135 Å². The molecule has 0 spiro atoms. The number of benzene rings is 1. The molecule has 21 heavy (non-hydrogen) atoms. The highest BCUT2D eigenvalue weighted by Crippen LogP contribution is 2.23. The second-order valence-electron chi connectivity index (χ2n) is 5.35. The summed E-state index contributed by atoms with van der Waals surface area (Å²) in [4.78, 5) is 0. The average molecular weight is 327 g/mol. The number of aromatic nitrogens is 2. The second kappa shape index (κ2) is 7.30. The molecule has 1 heterocycles. The molecule has 1 aromatic heterocycles. The quantitative estimate of drug-likeness (QED) is 0.859. The molecule has 5 heteroatoms. The summed E-state index contributed by atoms with van der Waals surface area (Å²) in [6.07, 6.45) is 3.58. The molecule has 3 nitrogen and oxygen atoms in total. The van der Waals surface area contributed by atoms with Gasteiger partial charge in [0.25, 0.3) is 0 Å². The fourth-order valence-electron chi connectivity index (χ4n) is 2.17. The smallest absolute Gasteiger partial charge is 0.0650 e. The normalized spacial score (nSPS) is 14.1. The van der Waals surface area contributed by atoms with Crippen LogP contribution in [0.2, 0.25) is 10.0 Å². The minimum atomic E-state index is -0.484. The maximum absolute atomic E-state index is 10.2. The van der Waals surface area contributed by atoms with Gasteiger partial charge in [0.1, 0.15) is 0 Å². The number of halogens is 2. The molecule has 2 aromatic rings. The summed E-state index contributed by atoms with van der Waals surface area (Å²) in [5.74, 6) is 0. The van der Waals surface area contributed by atoms with Crippen LogP contribution in [0.25, 0.3) is 0 Å². The van der Waals surface area contributed by atoms with Crippen molar-refractivity contribution in [3.63, 3.8) is 0 Å². The molecule has 0 radical (unpaired) electrons. The molecule has 0 aliphatic carbocycles. The van der Waals surface area contributed by atoms with E-state index in [2.05, 4.69) is 18.9 Å². The first kappa shape index (κ1) is 16.3. The lowest BCUT2D eigenvalue weighted by molar-refractivity contribution is 0.174. The number of rotatable bonds is 6. The Kier molecular flexibility index (Phi) is 5.68. The van der Waals surface area contributed by atoms with Crippen molar-refractivity contribution < 1.29 is 5.11 Å². The van der Waals surface area contributed by atoms with Crippen LogP contribution in [0.5, 0.6) is 0 Å². The lowest BCUT2D eigenvalue weighted by Gasteiger charge is -2.11. The second-order valence-corrected chi connectivity index (χ2v) is 6.17. The number of hydrogen-bond donors (Lipinski definition) is 1. The molecule has 1 N–H and O–H groups in total. The number of aliphatic hydroxyl groups is 1. The molecule has 0 saturated heterocycles. The van der Waals surface area contributed by atoms with E-state index in [4.69, 9.17) is 23.2 Å². The van der Waals surface area contributed by atoms with Gasteiger partial charge in [-0.25, -0.2) is 0 Å². The Morgan fingerprint density at radius 1 is 1.19 bits per heavy atom. The highest BCUT2D eigenvalue weighted by molar-refractivity contribution is 6.42. The van der Waals surface area contributed by atoms with Crippen molar-refractivity contribution in [1.29, 1.82) is 0 Å². The summed E-state index contributed by atoms with van der Waals surface area (Å²) < 4.78 is 1.95. The predicted octanol–water partition coefficient (Wildman–Crippen LogP) is 4.31. The van der Waals surface area contributed by atoms with Gasteiger partial charge in [0.2, 0.25) is 0 Å². The number of hydrogen-bond acceptors (Lipinski definition) is 2. The van der Waals surface area contributed by atoms with Gasteiger partial charge in [-0.05, 0) is 43.5 Å². The first-order valence-corrected chi connectivity index (χ1v) is 7.91. The lowest BCUT2D eigenvalue weighted by atomic mass is 10.0. The topological polar surface area (TPSA) is 38.0 Å². The molecule has 0 aliphatic heterocycles. The molecule has 2 atom stereocenters. The van der Waals surface area contributed by atoms with E-state index in [1.165, 1.54) is 0 Å². The third-order valence-corrected chi connectivity index (χ3v) is 4.35. The fourth-order valence-corrected chi connectivity index (χ4v) is 2.49.